The second-order valence-corrected chi connectivity index (χ2v) is 6.37. The van der Waals surface area contributed by atoms with Gasteiger partial charge < -0.3 is 9.84 Å². The molecule has 2 rings (SSSR count). The van der Waals surface area contributed by atoms with Crippen LogP contribution in [0.4, 0.5) is 0 Å². The lowest BCUT2D eigenvalue weighted by molar-refractivity contribution is -0.129. The van der Waals surface area contributed by atoms with Gasteiger partial charge >= 0.3 is 0 Å². The Balaban J connectivity index is -0.000000542. The van der Waals surface area contributed by atoms with Crippen LogP contribution < -0.4 is 4.74 Å². The fourth-order valence-corrected chi connectivity index (χ4v) is 2.04. The number of aryl methyl sites for hydroxylation is 1. The molecule has 33 heavy (non-hydrogen) atoms. The minimum atomic E-state index is -0.407. The summed E-state index contributed by atoms with van der Waals surface area (Å²) in [6.07, 6.45) is 0. The molecule has 0 unspecified atom stereocenters. The van der Waals surface area contributed by atoms with Crippen molar-refractivity contribution in [1.29, 1.82) is 0 Å². The summed E-state index contributed by atoms with van der Waals surface area (Å²) in [7, 11) is 1.00. The molecule has 0 amide bonds. The third-order valence-electron chi connectivity index (χ3n) is 4.16. The first kappa shape index (κ1) is 34.6. The molecule has 0 aromatic heterocycles. The van der Waals surface area contributed by atoms with E-state index in [1.54, 1.807) is 26.0 Å². The fraction of sp³-hybridized carbons (Fsp3) is 0.393. The fourth-order valence-electron chi connectivity index (χ4n) is 2.04. The highest BCUT2D eigenvalue weighted by atomic mass is 16.5. The minimum Gasteiger partial charge on any atom is -0.457 e. The highest BCUT2D eigenvalue weighted by Gasteiger charge is 2.11. The lowest BCUT2D eigenvalue weighted by Crippen LogP contribution is -2.14. The van der Waals surface area contributed by atoms with Gasteiger partial charge in [-0.1, -0.05) is 76.7 Å². The number of benzene rings is 2. The predicted octanol–water partition coefficient (Wildman–Crippen LogP) is 6.71. The smallest absolute Gasteiger partial charge is 0.159 e. The molecule has 0 aliphatic carbocycles. The van der Waals surface area contributed by atoms with Gasteiger partial charge in [0.05, 0.1) is 5.92 Å². The molecule has 0 fully saturated rings. The molecule has 2 aromatic carbocycles. The Bertz CT molecular complexity index is 822. The lowest BCUT2D eigenvalue weighted by Gasteiger charge is -2.11. The van der Waals surface area contributed by atoms with Crippen molar-refractivity contribution in [1.82, 2.24) is 0 Å². The van der Waals surface area contributed by atoms with Crippen LogP contribution in [0.25, 0.3) is 5.76 Å². The van der Waals surface area contributed by atoms with Gasteiger partial charge in [-0.25, -0.2) is 0 Å². The van der Waals surface area contributed by atoms with Crippen LogP contribution in [0.3, 0.4) is 0 Å². The number of hydrogen-bond acceptors (Lipinski definition) is 5. The van der Waals surface area contributed by atoms with Gasteiger partial charge in [0, 0.05) is 18.2 Å². The molecule has 184 valence electrons. The highest BCUT2D eigenvalue weighted by molar-refractivity contribution is 5.99. The molecule has 0 saturated carbocycles. The number of carbonyl (C=O) groups excluding carboxylic acids is 3. The summed E-state index contributed by atoms with van der Waals surface area (Å²) in [5.41, 5.74) is 2.62. The van der Waals surface area contributed by atoms with Crippen molar-refractivity contribution in [2.24, 2.45) is 5.92 Å². The Morgan fingerprint density at radius 2 is 1.18 bits per heavy atom. The van der Waals surface area contributed by atoms with Gasteiger partial charge in [0.2, 0.25) is 0 Å². The molecule has 0 saturated heterocycles. The maximum absolute atomic E-state index is 11.2. The molecule has 0 aliphatic rings. The molecule has 0 aliphatic heterocycles. The van der Waals surface area contributed by atoms with E-state index in [0.717, 1.165) is 24.0 Å². The quantitative estimate of drug-likeness (QED) is 0.296. The molecule has 0 radical (unpaired) electrons. The monoisotopic (exact) mass is 458 g/mol. The molecule has 0 bridgehead atoms. The van der Waals surface area contributed by atoms with E-state index < -0.39 is 5.92 Å². The van der Waals surface area contributed by atoms with E-state index in [9.17, 15) is 14.4 Å². The van der Waals surface area contributed by atoms with Crippen molar-refractivity contribution in [3.63, 3.8) is 0 Å². The van der Waals surface area contributed by atoms with Crippen LogP contribution in [0.15, 0.2) is 55.1 Å². The van der Waals surface area contributed by atoms with Crippen LogP contribution in [0.5, 0.6) is 5.75 Å². The number of Topliss-reactive ketones (excluding diaryl/α,β-unsaturated/α-hetero) is 3. The van der Waals surface area contributed by atoms with Crippen LogP contribution >= 0.6 is 0 Å². The van der Waals surface area contributed by atoms with Crippen LogP contribution in [-0.2, 0) is 9.59 Å². The standard InChI is InChI=1S/C17H16O2.C6H10O2.2C2H6.CH4O/c1-12-6-4-5-7-17(12)19-14(3)16-10-8-15(9-11-16)13(2)18;1-4(5(2)7)6(3)8;3*1-2/h4-11H,3H2,1-2H3;4H,1-3H3;2*1-2H3;2H,1H3. The molecule has 0 atom stereocenters. The zero-order valence-electron chi connectivity index (χ0n) is 22.0. The Hall–Kier alpha value is -3.05. The van der Waals surface area contributed by atoms with Crippen LogP contribution in [0.1, 0.15) is 76.9 Å². The zero-order valence-corrected chi connectivity index (χ0v) is 22.0. The van der Waals surface area contributed by atoms with Crippen LogP contribution in [0, 0.1) is 12.8 Å². The third-order valence-corrected chi connectivity index (χ3v) is 4.16. The van der Waals surface area contributed by atoms with Gasteiger partial charge in [-0.3, -0.25) is 14.4 Å². The van der Waals surface area contributed by atoms with E-state index in [4.69, 9.17) is 9.84 Å². The van der Waals surface area contributed by atoms with Gasteiger partial charge in [-0.15, -0.1) is 0 Å². The summed E-state index contributed by atoms with van der Waals surface area (Å²) >= 11 is 0. The summed E-state index contributed by atoms with van der Waals surface area (Å²) in [5, 5.41) is 7.00. The number of ether oxygens (including phenoxy) is 1. The highest BCUT2D eigenvalue weighted by Crippen LogP contribution is 2.23. The third kappa shape index (κ3) is 14.6. The summed E-state index contributed by atoms with van der Waals surface area (Å²) in [6.45, 7) is 19.9. The SMILES string of the molecule is C=C(Oc1ccccc1C)c1ccc(C(C)=O)cc1.CC.CC.CC(=O)C(C)C(C)=O.CO. The van der Waals surface area contributed by atoms with Gasteiger partial charge in [0.15, 0.2) is 5.78 Å². The first-order valence-corrected chi connectivity index (χ1v) is 11.1. The second-order valence-electron chi connectivity index (χ2n) is 6.37. The average Bonchev–Trinajstić information content (AvgIpc) is 2.84. The number of aliphatic hydroxyl groups excluding tert-OH is 1. The zero-order chi connectivity index (χ0) is 26.6. The molecule has 5 heteroatoms. The van der Waals surface area contributed by atoms with E-state index >= 15 is 0 Å². The maximum atomic E-state index is 11.2. The molecule has 1 N–H and O–H groups in total. The number of hydrogen-bond donors (Lipinski definition) is 1. The maximum Gasteiger partial charge on any atom is 0.159 e. The number of ketones is 3. The van der Waals surface area contributed by atoms with Crippen molar-refractivity contribution in [3.05, 3.63) is 71.8 Å². The second kappa shape index (κ2) is 20.8. The van der Waals surface area contributed by atoms with Crippen molar-refractivity contribution in [2.75, 3.05) is 7.11 Å². The number of aliphatic hydroxyl groups is 1. The number of para-hydroxylation sites is 1. The number of rotatable bonds is 6. The van der Waals surface area contributed by atoms with Gasteiger partial charge in [0.25, 0.3) is 0 Å². The first-order valence-electron chi connectivity index (χ1n) is 11.1. The minimum absolute atomic E-state index is 0.0528. The van der Waals surface area contributed by atoms with Crippen molar-refractivity contribution >= 4 is 23.1 Å². The topological polar surface area (TPSA) is 80.7 Å². The van der Waals surface area contributed by atoms with E-state index in [2.05, 4.69) is 6.58 Å². The molecule has 2 aromatic rings. The normalized spacial score (nSPS) is 8.61. The van der Waals surface area contributed by atoms with E-state index in [1.165, 1.54) is 13.8 Å². The van der Waals surface area contributed by atoms with Gasteiger partial charge in [-0.05, 0) is 46.2 Å². The Morgan fingerprint density at radius 1 is 0.788 bits per heavy atom. The Kier molecular flexibility index (Phi) is 21.8. The lowest BCUT2D eigenvalue weighted by atomic mass is 10.0. The van der Waals surface area contributed by atoms with Crippen molar-refractivity contribution in [3.8, 4) is 5.75 Å². The molecule has 5 nitrogen and oxygen atoms in total. The Morgan fingerprint density at radius 3 is 1.52 bits per heavy atom. The van der Waals surface area contributed by atoms with E-state index in [0.29, 0.717) is 11.3 Å². The average molecular weight is 459 g/mol. The largest absolute Gasteiger partial charge is 0.457 e. The summed E-state index contributed by atoms with van der Waals surface area (Å²) in [6, 6.07) is 15.0. The number of carbonyl (C=O) groups is 3. The Labute approximate surface area is 200 Å². The van der Waals surface area contributed by atoms with Crippen molar-refractivity contribution in [2.45, 2.75) is 62.3 Å². The van der Waals surface area contributed by atoms with Gasteiger partial charge in [-0.2, -0.15) is 0 Å². The molecule has 0 heterocycles. The van der Waals surface area contributed by atoms with Crippen molar-refractivity contribution < 1.29 is 24.2 Å². The summed E-state index contributed by atoms with van der Waals surface area (Å²) in [5.74, 6) is 0.898. The van der Waals surface area contributed by atoms with Crippen LogP contribution in [0.2, 0.25) is 0 Å². The molecule has 0 spiro atoms. The first-order chi connectivity index (χ1) is 15.6. The molecular formula is C28H42O5. The summed E-state index contributed by atoms with van der Waals surface area (Å²) in [4.78, 5) is 31.9. The van der Waals surface area contributed by atoms with Crippen LogP contribution in [-0.4, -0.2) is 29.6 Å². The molecular weight excluding hydrogens is 416 g/mol. The van der Waals surface area contributed by atoms with E-state index in [1.807, 2.05) is 71.0 Å². The van der Waals surface area contributed by atoms with Gasteiger partial charge in [0.1, 0.15) is 23.1 Å². The predicted molar refractivity (Wildman–Crippen MR) is 139 cm³/mol. The summed E-state index contributed by atoms with van der Waals surface area (Å²) < 4.78 is 5.75. The van der Waals surface area contributed by atoms with E-state index in [-0.39, 0.29) is 17.3 Å².